The van der Waals surface area contributed by atoms with Gasteiger partial charge in [-0.1, -0.05) is 0 Å². The van der Waals surface area contributed by atoms with E-state index in [1.54, 1.807) is 0 Å². The summed E-state index contributed by atoms with van der Waals surface area (Å²) in [6, 6.07) is 0. The maximum absolute atomic E-state index is 11.1. The fraction of sp³-hybridized carbons (Fsp3) is 0.833. The topological polar surface area (TPSA) is 185 Å². The van der Waals surface area contributed by atoms with Crippen LogP contribution in [-0.2, 0) is 13.9 Å². The predicted octanol–water partition coefficient (Wildman–Crippen LogP) is -3.94. The third kappa shape index (κ3) is 5.64. The molecular formula is C6H13O10P. The largest absolute Gasteiger partial charge is 0.472 e. The van der Waals surface area contributed by atoms with Crippen LogP contribution in [0.15, 0.2) is 0 Å². The Bertz CT molecular complexity index is 299. The molecule has 0 saturated carbocycles. The Morgan fingerprint density at radius 1 is 1.18 bits per heavy atom. The first kappa shape index (κ1) is 16.6. The van der Waals surface area contributed by atoms with Crippen LogP contribution in [0.5, 0.6) is 0 Å². The van der Waals surface area contributed by atoms with Crippen LogP contribution in [0.25, 0.3) is 0 Å². The lowest BCUT2D eigenvalue weighted by Crippen LogP contribution is -2.47. The van der Waals surface area contributed by atoms with E-state index in [-0.39, 0.29) is 0 Å². The summed E-state index contributed by atoms with van der Waals surface area (Å²) in [5.41, 5.74) is 0. The summed E-state index contributed by atoms with van der Waals surface area (Å²) in [6.07, 6.45) is -9.05. The van der Waals surface area contributed by atoms with Crippen molar-refractivity contribution in [2.24, 2.45) is 0 Å². The van der Waals surface area contributed by atoms with E-state index in [9.17, 15) is 9.36 Å². The summed E-state index contributed by atoms with van der Waals surface area (Å²) in [7, 11) is -5.15. The van der Waals surface area contributed by atoms with Gasteiger partial charge in [-0.05, 0) is 0 Å². The van der Waals surface area contributed by atoms with Crippen molar-refractivity contribution >= 4 is 13.6 Å². The fourth-order valence-electron chi connectivity index (χ4n) is 0.815. The summed E-state index contributed by atoms with van der Waals surface area (Å²) >= 11 is 0. The SMILES string of the molecule is O=C(C(O)OP(=O)(O)O)[C@@H](O)[C@H](O)[C@H](O)CO. The molecule has 0 fully saturated rings. The average Bonchev–Trinajstić information content (AvgIpc) is 2.22. The Morgan fingerprint density at radius 3 is 2.00 bits per heavy atom. The Morgan fingerprint density at radius 2 is 1.65 bits per heavy atom. The average molecular weight is 276 g/mol. The maximum atomic E-state index is 11.1. The van der Waals surface area contributed by atoms with Crippen LogP contribution in [0.4, 0.5) is 0 Å². The Kier molecular flexibility index (Phi) is 6.34. The van der Waals surface area contributed by atoms with E-state index < -0.39 is 44.8 Å². The summed E-state index contributed by atoms with van der Waals surface area (Å²) in [5, 5.41) is 44.3. The lowest BCUT2D eigenvalue weighted by Gasteiger charge is -2.22. The van der Waals surface area contributed by atoms with E-state index in [2.05, 4.69) is 4.52 Å². The first-order valence-electron chi connectivity index (χ1n) is 4.21. The Balaban J connectivity index is 4.54. The molecule has 0 aliphatic carbocycles. The molecule has 0 amide bonds. The van der Waals surface area contributed by atoms with E-state index in [1.165, 1.54) is 0 Å². The van der Waals surface area contributed by atoms with Gasteiger partial charge in [-0.3, -0.25) is 4.79 Å². The van der Waals surface area contributed by atoms with E-state index in [1.807, 2.05) is 0 Å². The molecule has 0 saturated heterocycles. The molecule has 0 rings (SSSR count). The van der Waals surface area contributed by atoms with Gasteiger partial charge < -0.3 is 35.3 Å². The standard InChI is InChI=1S/C6H13O10P/c7-1-2(8)3(9)4(10)5(11)6(12)16-17(13,14)15/h2-4,6-10,12H,1H2,(H2,13,14,15)/t2-,3-,4+,6?/m1/s1. The second-order valence-electron chi connectivity index (χ2n) is 3.04. The zero-order chi connectivity index (χ0) is 13.8. The molecule has 102 valence electrons. The second-order valence-corrected chi connectivity index (χ2v) is 4.23. The number of hydrogen-bond donors (Lipinski definition) is 7. The van der Waals surface area contributed by atoms with Gasteiger partial charge in [0.25, 0.3) is 0 Å². The van der Waals surface area contributed by atoms with Gasteiger partial charge in [0.1, 0.15) is 18.3 Å². The van der Waals surface area contributed by atoms with Crippen molar-refractivity contribution in [2.75, 3.05) is 6.61 Å². The maximum Gasteiger partial charge on any atom is 0.472 e. The molecule has 1 unspecified atom stereocenters. The molecule has 10 nitrogen and oxygen atoms in total. The first-order chi connectivity index (χ1) is 7.60. The summed E-state index contributed by atoms with van der Waals surface area (Å²) < 4.78 is 13.8. The van der Waals surface area contributed by atoms with Gasteiger partial charge in [0.05, 0.1) is 6.61 Å². The van der Waals surface area contributed by atoms with E-state index in [4.69, 9.17) is 35.3 Å². The molecule has 0 aliphatic rings. The van der Waals surface area contributed by atoms with Crippen LogP contribution in [0.3, 0.4) is 0 Å². The van der Waals surface area contributed by atoms with Crippen LogP contribution >= 0.6 is 7.82 Å². The minimum absolute atomic E-state index is 0.971. The number of aliphatic hydroxyl groups is 5. The number of phosphoric acid groups is 1. The van der Waals surface area contributed by atoms with Crippen molar-refractivity contribution < 1.29 is 49.2 Å². The van der Waals surface area contributed by atoms with Gasteiger partial charge in [-0.25, -0.2) is 9.09 Å². The van der Waals surface area contributed by atoms with E-state index in [0.717, 1.165) is 0 Å². The molecule has 0 aromatic rings. The molecule has 17 heavy (non-hydrogen) atoms. The van der Waals surface area contributed by atoms with Crippen molar-refractivity contribution in [3.8, 4) is 0 Å². The van der Waals surface area contributed by atoms with Gasteiger partial charge in [-0.15, -0.1) is 0 Å². The molecule has 0 aromatic heterocycles. The van der Waals surface area contributed by atoms with E-state index in [0.29, 0.717) is 0 Å². The van der Waals surface area contributed by atoms with Crippen molar-refractivity contribution in [1.29, 1.82) is 0 Å². The minimum atomic E-state index is -5.15. The third-order valence-electron chi connectivity index (χ3n) is 1.68. The molecule has 4 atom stereocenters. The number of phosphoric ester groups is 1. The number of rotatable bonds is 7. The smallest absolute Gasteiger partial charge is 0.394 e. The molecular weight excluding hydrogens is 263 g/mol. The normalized spacial score (nSPS) is 19.5. The van der Waals surface area contributed by atoms with Gasteiger partial charge >= 0.3 is 7.82 Å². The van der Waals surface area contributed by atoms with E-state index >= 15 is 0 Å². The van der Waals surface area contributed by atoms with Gasteiger partial charge in [0.2, 0.25) is 12.1 Å². The number of carbonyl (C=O) groups excluding carboxylic acids is 1. The van der Waals surface area contributed by atoms with Crippen molar-refractivity contribution in [1.82, 2.24) is 0 Å². The lowest BCUT2D eigenvalue weighted by atomic mass is 10.0. The fourth-order valence-corrected chi connectivity index (χ4v) is 1.18. The summed E-state index contributed by atoms with van der Waals surface area (Å²) in [5.74, 6) is -1.67. The first-order valence-corrected chi connectivity index (χ1v) is 5.74. The molecule has 0 bridgehead atoms. The van der Waals surface area contributed by atoms with Gasteiger partial charge in [0.15, 0.2) is 0 Å². The molecule has 11 heteroatoms. The molecule has 0 heterocycles. The highest BCUT2D eigenvalue weighted by Gasteiger charge is 2.36. The van der Waals surface area contributed by atoms with Crippen LogP contribution in [0.1, 0.15) is 0 Å². The minimum Gasteiger partial charge on any atom is -0.394 e. The molecule has 7 N–H and O–H groups in total. The second kappa shape index (κ2) is 6.50. The van der Waals surface area contributed by atoms with Gasteiger partial charge in [0, 0.05) is 0 Å². The monoisotopic (exact) mass is 276 g/mol. The van der Waals surface area contributed by atoms with Crippen LogP contribution in [0.2, 0.25) is 0 Å². The van der Waals surface area contributed by atoms with Gasteiger partial charge in [-0.2, -0.15) is 0 Å². The Labute approximate surface area is 94.9 Å². The Hall–Kier alpha value is -0.420. The quantitative estimate of drug-likeness (QED) is 0.179. The third-order valence-corrected chi connectivity index (χ3v) is 2.15. The van der Waals surface area contributed by atoms with Crippen molar-refractivity contribution in [3.05, 3.63) is 0 Å². The molecule has 0 spiro atoms. The molecule has 0 aliphatic heterocycles. The number of ketones is 1. The highest BCUT2D eigenvalue weighted by atomic mass is 31.2. The predicted molar refractivity (Wildman–Crippen MR) is 49.2 cm³/mol. The van der Waals surface area contributed by atoms with Crippen LogP contribution < -0.4 is 0 Å². The number of hydrogen-bond acceptors (Lipinski definition) is 8. The zero-order valence-electron chi connectivity index (χ0n) is 8.32. The molecule has 0 radical (unpaired) electrons. The molecule has 0 aromatic carbocycles. The number of carbonyl (C=O) groups is 1. The van der Waals surface area contributed by atoms with Crippen molar-refractivity contribution in [2.45, 2.75) is 24.6 Å². The number of aliphatic hydroxyl groups excluding tert-OH is 5. The summed E-state index contributed by atoms with van der Waals surface area (Å²) in [6.45, 7) is -0.971. The summed E-state index contributed by atoms with van der Waals surface area (Å²) in [4.78, 5) is 27.6. The highest BCUT2D eigenvalue weighted by molar-refractivity contribution is 7.46. The van der Waals surface area contributed by atoms with Crippen LogP contribution in [-0.4, -0.2) is 72.3 Å². The zero-order valence-corrected chi connectivity index (χ0v) is 9.21. The number of Topliss-reactive ketones (excluding diaryl/α,β-unsaturated/α-hetero) is 1. The van der Waals surface area contributed by atoms with Crippen molar-refractivity contribution in [3.63, 3.8) is 0 Å². The van der Waals surface area contributed by atoms with Crippen LogP contribution in [0, 0.1) is 0 Å². The highest BCUT2D eigenvalue weighted by Crippen LogP contribution is 2.37. The lowest BCUT2D eigenvalue weighted by molar-refractivity contribution is -0.163.